The maximum absolute atomic E-state index is 14.2. The predicted octanol–water partition coefficient (Wildman–Crippen LogP) is 6.39. The van der Waals surface area contributed by atoms with Gasteiger partial charge in [-0.25, -0.2) is 9.38 Å². The molecule has 0 aromatic heterocycles. The maximum Gasteiger partial charge on any atom is 0.307 e. The summed E-state index contributed by atoms with van der Waals surface area (Å²) < 4.78 is 20.1. The first-order valence-corrected chi connectivity index (χ1v) is 12.6. The first kappa shape index (κ1) is 26.2. The molecule has 37 heavy (non-hydrogen) atoms. The molecule has 1 saturated heterocycles. The minimum Gasteiger partial charge on any atom is -0.489 e. The van der Waals surface area contributed by atoms with Crippen molar-refractivity contribution >= 4 is 40.6 Å². The Morgan fingerprint density at radius 3 is 2.43 bits per heavy atom. The molecule has 0 radical (unpaired) electrons. The Morgan fingerprint density at radius 2 is 1.81 bits per heavy atom. The van der Waals surface area contributed by atoms with Gasteiger partial charge >= 0.3 is 5.97 Å². The molecule has 0 saturated carbocycles. The maximum atomic E-state index is 14.2. The number of ether oxygens (including phenoxy) is 1. The van der Waals surface area contributed by atoms with Crippen LogP contribution in [-0.4, -0.2) is 34.1 Å². The standard InChI is InChI=1S/C29H27FN2O4S/c1-18(2)21-8-4-20(5-9-21)17-36-24-12-6-19(7-13-24)14-26-28(35)32(3)29(37-26)31-23-11-10-22(15-27(33)34)25(30)16-23/h4-14,16,18H,15,17H2,1-3H3,(H,33,34)/b26-14+,31-29?. The number of hydrogen-bond donors (Lipinski definition) is 1. The summed E-state index contributed by atoms with van der Waals surface area (Å²) in [5.74, 6) is -0.749. The fraction of sp³-hybridized carbons (Fsp3) is 0.207. The summed E-state index contributed by atoms with van der Waals surface area (Å²) in [6.45, 7) is 4.79. The Kier molecular flexibility index (Phi) is 8.08. The van der Waals surface area contributed by atoms with Crippen LogP contribution in [0.1, 0.15) is 42.0 Å². The van der Waals surface area contributed by atoms with Gasteiger partial charge in [0.05, 0.1) is 17.0 Å². The van der Waals surface area contributed by atoms with E-state index in [1.165, 1.54) is 40.4 Å². The number of benzene rings is 3. The van der Waals surface area contributed by atoms with Crippen LogP contribution in [-0.2, 0) is 22.6 Å². The summed E-state index contributed by atoms with van der Waals surface area (Å²) >= 11 is 1.19. The highest BCUT2D eigenvalue weighted by Gasteiger charge is 2.30. The molecule has 0 aliphatic carbocycles. The second kappa shape index (κ2) is 11.4. The van der Waals surface area contributed by atoms with Crippen LogP contribution in [0.25, 0.3) is 6.08 Å². The van der Waals surface area contributed by atoms with E-state index < -0.39 is 18.2 Å². The van der Waals surface area contributed by atoms with E-state index in [2.05, 4.69) is 43.1 Å². The predicted molar refractivity (Wildman–Crippen MR) is 144 cm³/mol. The molecule has 1 amide bonds. The Labute approximate surface area is 219 Å². The number of likely N-dealkylation sites (N-methyl/N-ethyl adjacent to an activating group) is 1. The van der Waals surface area contributed by atoms with E-state index in [0.717, 1.165) is 16.9 Å². The molecule has 0 bridgehead atoms. The van der Waals surface area contributed by atoms with Gasteiger partial charge in [0.2, 0.25) is 0 Å². The highest BCUT2D eigenvalue weighted by Crippen LogP contribution is 2.33. The highest BCUT2D eigenvalue weighted by molar-refractivity contribution is 8.18. The van der Waals surface area contributed by atoms with E-state index >= 15 is 0 Å². The smallest absolute Gasteiger partial charge is 0.307 e. The number of rotatable bonds is 8. The third-order valence-electron chi connectivity index (χ3n) is 5.84. The second-order valence-electron chi connectivity index (χ2n) is 8.97. The Bertz CT molecular complexity index is 1370. The van der Waals surface area contributed by atoms with Crippen LogP contribution in [0.5, 0.6) is 5.75 Å². The van der Waals surface area contributed by atoms with Crippen LogP contribution >= 0.6 is 11.8 Å². The van der Waals surface area contributed by atoms with Crippen LogP contribution in [0.15, 0.2) is 76.6 Å². The van der Waals surface area contributed by atoms with Gasteiger partial charge in [-0.3, -0.25) is 14.5 Å². The molecule has 4 rings (SSSR count). The monoisotopic (exact) mass is 518 g/mol. The van der Waals surface area contributed by atoms with Gasteiger partial charge < -0.3 is 9.84 Å². The van der Waals surface area contributed by atoms with E-state index in [1.54, 1.807) is 13.1 Å². The Hall–Kier alpha value is -3.91. The molecular weight excluding hydrogens is 491 g/mol. The third-order valence-corrected chi connectivity index (χ3v) is 6.90. The van der Waals surface area contributed by atoms with Gasteiger partial charge in [0.15, 0.2) is 5.17 Å². The van der Waals surface area contributed by atoms with Gasteiger partial charge in [0.25, 0.3) is 5.91 Å². The van der Waals surface area contributed by atoms with E-state index in [9.17, 15) is 14.0 Å². The zero-order valence-electron chi connectivity index (χ0n) is 20.8. The van der Waals surface area contributed by atoms with Gasteiger partial charge in [0.1, 0.15) is 18.2 Å². The fourth-order valence-corrected chi connectivity index (χ4v) is 4.64. The van der Waals surface area contributed by atoms with Gasteiger partial charge in [-0.05, 0) is 70.3 Å². The fourth-order valence-electron chi connectivity index (χ4n) is 3.65. The number of carbonyl (C=O) groups is 2. The number of amides is 1. The summed E-state index contributed by atoms with van der Waals surface area (Å²) in [6, 6.07) is 20.0. The lowest BCUT2D eigenvalue weighted by Gasteiger charge is -2.09. The lowest BCUT2D eigenvalue weighted by molar-refractivity contribution is -0.136. The largest absolute Gasteiger partial charge is 0.489 e. The molecule has 1 heterocycles. The first-order valence-electron chi connectivity index (χ1n) is 11.8. The number of thioether (sulfide) groups is 1. The van der Waals surface area contributed by atoms with Crippen LogP contribution in [0.4, 0.5) is 10.1 Å². The zero-order valence-corrected chi connectivity index (χ0v) is 21.6. The number of aliphatic carboxylic acids is 1. The Balaban J connectivity index is 1.41. The number of aliphatic imine (C=N–C) groups is 1. The SMILES string of the molecule is CC(C)c1ccc(COc2ccc(/C=C3/SC(=Nc4ccc(CC(=O)O)c(F)c4)N(C)C3=O)cc2)cc1. The number of halogens is 1. The topological polar surface area (TPSA) is 79.2 Å². The quantitative estimate of drug-likeness (QED) is 0.350. The highest BCUT2D eigenvalue weighted by atomic mass is 32.2. The lowest BCUT2D eigenvalue weighted by Crippen LogP contribution is -2.23. The molecule has 1 aliphatic heterocycles. The van der Waals surface area contributed by atoms with Crippen molar-refractivity contribution in [3.63, 3.8) is 0 Å². The number of carbonyl (C=O) groups excluding carboxylic acids is 1. The average molecular weight is 519 g/mol. The number of carboxylic acids is 1. The summed E-state index contributed by atoms with van der Waals surface area (Å²) in [5, 5.41) is 9.27. The first-order chi connectivity index (χ1) is 17.7. The van der Waals surface area contributed by atoms with Crippen molar-refractivity contribution in [3.05, 3.63) is 99.7 Å². The van der Waals surface area contributed by atoms with Crippen molar-refractivity contribution in [2.24, 2.45) is 4.99 Å². The van der Waals surface area contributed by atoms with Crippen LogP contribution in [0, 0.1) is 5.82 Å². The molecular formula is C29H27FN2O4S. The number of nitrogens with zero attached hydrogens (tertiary/aromatic N) is 2. The summed E-state index contributed by atoms with van der Waals surface area (Å²) in [6.07, 6.45) is 1.37. The number of amidine groups is 1. The minimum atomic E-state index is -1.11. The van der Waals surface area contributed by atoms with Crippen molar-refractivity contribution in [2.75, 3.05) is 7.05 Å². The van der Waals surface area contributed by atoms with E-state index in [1.807, 2.05) is 24.3 Å². The zero-order chi connectivity index (χ0) is 26.5. The molecule has 0 unspecified atom stereocenters. The second-order valence-corrected chi connectivity index (χ2v) is 9.98. The molecule has 6 nitrogen and oxygen atoms in total. The molecule has 1 N–H and O–H groups in total. The van der Waals surface area contributed by atoms with E-state index in [4.69, 9.17) is 9.84 Å². The molecule has 0 spiro atoms. The van der Waals surface area contributed by atoms with Gasteiger partial charge in [0, 0.05) is 7.05 Å². The third kappa shape index (κ3) is 6.65. The van der Waals surface area contributed by atoms with Crippen LogP contribution < -0.4 is 4.74 Å². The van der Waals surface area contributed by atoms with Crippen molar-refractivity contribution in [1.29, 1.82) is 0 Å². The van der Waals surface area contributed by atoms with Crippen molar-refractivity contribution in [1.82, 2.24) is 4.90 Å². The lowest BCUT2D eigenvalue weighted by atomic mass is 10.0. The summed E-state index contributed by atoms with van der Waals surface area (Å²) in [7, 11) is 1.61. The van der Waals surface area contributed by atoms with E-state index in [-0.39, 0.29) is 11.5 Å². The molecule has 8 heteroatoms. The van der Waals surface area contributed by atoms with Crippen molar-refractivity contribution < 1.29 is 23.8 Å². The van der Waals surface area contributed by atoms with Gasteiger partial charge in [-0.1, -0.05) is 56.3 Å². The molecule has 190 valence electrons. The molecule has 1 fully saturated rings. The van der Waals surface area contributed by atoms with Gasteiger partial charge in [-0.2, -0.15) is 0 Å². The normalized spacial score (nSPS) is 15.7. The minimum absolute atomic E-state index is 0.0806. The number of hydrogen-bond acceptors (Lipinski definition) is 5. The van der Waals surface area contributed by atoms with Crippen molar-refractivity contribution in [3.8, 4) is 5.75 Å². The number of carboxylic acid groups (broad SMARTS) is 1. The van der Waals surface area contributed by atoms with E-state index in [0.29, 0.717) is 28.3 Å². The summed E-state index contributed by atoms with van der Waals surface area (Å²) in [4.78, 5) is 29.8. The summed E-state index contributed by atoms with van der Waals surface area (Å²) in [5.41, 5.74) is 3.60. The van der Waals surface area contributed by atoms with Crippen molar-refractivity contribution in [2.45, 2.75) is 32.8 Å². The van der Waals surface area contributed by atoms with Gasteiger partial charge in [-0.15, -0.1) is 0 Å². The molecule has 0 atom stereocenters. The molecule has 1 aliphatic rings. The Morgan fingerprint density at radius 1 is 1.11 bits per heavy atom. The van der Waals surface area contributed by atoms with Crippen LogP contribution in [0.2, 0.25) is 0 Å². The molecule has 3 aromatic rings. The average Bonchev–Trinajstić information content (AvgIpc) is 3.13. The van der Waals surface area contributed by atoms with Crippen LogP contribution in [0.3, 0.4) is 0 Å². The molecule has 3 aromatic carbocycles.